The molecule has 1 aromatic heterocycles. The number of piperazine rings is 1. The van der Waals surface area contributed by atoms with Gasteiger partial charge in [-0.15, -0.1) is 0 Å². The molecule has 3 aromatic rings. The monoisotopic (exact) mass is 470 g/mol. The number of alkyl halides is 2. The molecular weight excluding hydrogens is 446 g/mol. The minimum absolute atomic E-state index is 0.110. The fourth-order valence-electron chi connectivity index (χ4n) is 4.07. The first-order valence-electron chi connectivity index (χ1n) is 10.6. The quantitative estimate of drug-likeness (QED) is 0.409. The summed E-state index contributed by atoms with van der Waals surface area (Å²) in [6.45, 7) is 13.5. The van der Waals surface area contributed by atoms with Gasteiger partial charge in [-0.1, -0.05) is 36.9 Å². The van der Waals surface area contributed by atoms with Gasteiger partial charge in [0.1, 0.15) is 17.9 Å². The van der Waals surface area contributed by atoms with E-state index in [1.807, 2.05) is 18.2 Å². The molecule has 1 aliphatic rings. The van der Waals surface area contributed by atoms with Crippen molar-refractivity contribution in [2.75, 3.05) is 31.1 Å². The van der Waals surface area contributed by atoms with E-state index in [4.69, 9.17) is 16.3 Å². The van der Waals surface area contributed by atoms with Crippen molar-refractivity contribution in [3.8, 4) is 16.9 Å². The van der Waals surface area contributed by atoms with Crippen molar-refractivity contribution in [3.05, 3.63) is 72.2 Å². The molecule has 0 atom stereocenters. The van der Waals surface area contributed by atoms with Crippen molar-refractivity contribution < 1.29 is 13.5 Å². The number of fused-ring (bicyclic) bond motifs is 1. The number of rotatable bonds is 6. The molecule has 0 amide bonds. The molecule has 0 N–H and O–H groups in total. The average Bonchev–Trinajstić information content (AvgIpc) is 2.78. The van der Waals surface area contributed by atoms with Crippen LogP contribution in [0.3, 0.4) is 0 Å². The van der Waals surface area contributed by atoms with Gasteiger partial charge in [-0.2, -0.15) is 8.78 Å². The van der Waals surface area contributed by atoms with E-state index < -0.39 is 6.11 Å². The smallest absolute Gasteiger partial charge is 0.394 e. The van der Waals surface area contributed by atoms with Crippen molar-refractivity contribution in [3.63, 3.8) is 0 Å². The Morgan fingerprint density at radius 1 is 1.15 bits per heavy atom. The Hall–Kier alpha value is -3.19. The Morgan fingerprint density at radius 3 is 2.55 bits per heavy atom. The molecule has 172 valence electrons. The number of hydrogen-bond acceptors (Lipinski definition) is 5. The van der Waals surface area contributed by atoms with Crippen LogP contribution in [0.15, 0.2) is 61.6 Å². The van der Waals surface area contributed by atoms with Gasteiger partial charge >= 0.3 is 6.11 Å². The lowest BCUT2D eigenvalue weighted by Gasteiger charge is -2.37. The van der Waals surface area contributed by atoms with Gasteiger partial charge in [-0.3, -0.25) is 0 Å². The van der Waals surface area contributed by atoms with Crippen LogP contribution in [0.5, 0.6) is 5.75 Å². The van der Waals surface area contributed by atoms with Crippen LogP contribution in [0.25, 0.3) is 22.0 Å². The Labute approximate surface area is 197 Å². The van der Waals surface area contributed by atoms with Crippen molar-refractivity contribution in [1.82, 2.24) is 14.9 Å². The Bertz CT molecular complexity index is 1220. The first-order valence-corrected chi connectivity index (χ1v) is 11.0. The van der Waals surface area contributed by atoms with Gasteiger partial charge in [-0.05, 0) is 42.3 Å². The molecule has 33 heavy (non-hydrogen) atoms. The maximum atomic E-state index is 13.4. The van der Waals surface area contributed by atoms with Crippen LogP contribution in [0, 0.1) is 6.92 Å². The van der Waals surface area contributed by atoms with Crippen LogP contribution in [-0.2, 0) is 0 Å². The highest BCUT2D eigenvalue weighted by Crippen LogP contribution is 2.39. The molecule has 4 rings (SSSR count). The number of nitrogens with zero attached hydrogens (tertiary/aromatic N) is 4. The normalized spacial score (nSPS) is 14.5. The molecule has 1 fully saturated rings. The Morgan fingerprint density at radius 2 is 1.88 bits per heavy atom. The van der Waals surface area contributed by atoms with Crippen molar-refractivity contribution in [2.24, 2.45) is 0 Å². The number of anilines is 1. The first-order chi connectivity index (χ1) is 15.7. The first kappa shape index (κ1) is 23.0. The van der Waals surface area contributed by atoms with Crippen LogP contribution in [0.1, 0.15) is 12.5 Å². The number of halogens is 3. The number of benzene rings is 2. The third kappa shape index (κ3) is 4.78. The summed E-state index contributed by atoms with van der Waals surface area (Å²) >= 11 is 6.70. The molecule has 0 radical (unpaired) electrons. The molecule has 0 bridgehead atoms. The maximum Gasteiger partial charge on any atom is 0.394 e. The van der Waals surface area contributed by atoms with E-state index in [0.717, 1.165) is 48.6 Å². The second kappa shape index (κ2) is 8.98. The van der Waals surface area contributed by atoms with Gasteiger partial charge in [0, 0.05) is 54.8 Å². The predicted molar refractivity (Wildman–Crippen MR) is 129 cm³/mol. The summed E-state index contributed by atoms with van der Waals surface area (Å²) in [5.41, 5.74) is 3.62. The molecule has 0 unspecified atom stereocenters. The number of allylic oxidation sites excluding steroid dienone is 1. The Balaban J connectivity index is 1.70. The van der Waals surface area contributed by atoms with Crippen molar-refractivity contribution in [1.29, 1.82) is 0 Å². The molecule has 1 saturated heterocycles. The molecule has 8 heteroatoms. The van der Waals surface area contributed by atoms with E-state index in [2.05, 4.69) is 32.9 Å². The highest BCUT2D eigenvalue weighted by Gasteiger charge is 2.25. The summed E-state index contributed by atoms with van der Waals surface area (Å²) in [5, 5.41) is 1.33. The van der Waals surface area contributed by atoms with Crippen LogP contribution in [-0.4, -0.2) is 47.2 Å². The van der Waals surface area contributed by atoms with E-state index in [9.17, 15) is 8.78 Å². The van der Waals surface area contributed by atoms with Crippen molar-refractivity contribution >= 4 is 28.3 Å². The van der Waals surface area contributed by atoms with Gasteiger partial charge in [0.25, 0.3) is 0 Å². The van der Waals surface area contributed by atoms with Crippen LogP contribution >= 0.6 is 11.6 Å². The number of aromatic nitrogens is 2. The summed E-state index contributed by atoms with van der Waals surface area (Å²) < 4.78 is 31.7. The van der Waals surface area contributed by atoms with E-state index in [1.165, 1.54) is 12.4 Å². The molecule has 1 aliphatic heterocycles. The molecule has 0 aliphatic carbocycles. The van der Waals surface area contributed by atoms with Crippen molar-refractivity contribution in [2.45, 2.75) is 20.0 Å². The second-order valence-corrected chi connectivity index (χ2v) is 8.46. The molecule has 2 aromatic carbocycles. The third-order valence-electron chi connectivity index (χ3n) is 5.79. The lowest BCUT2D eigenvalue weighted by molar-refractivity contribution is -0.159. The maximum absolute atomic E-state index is 13.4. The average molecular weight is 471 g/mol. The largest absolute Gasteiger partial charge is 0.432 e. The zero-order valence-corrected chi connectivity index (χ0v) is 19.4. The highest BCUT2D eigenvalue weighted by molar-refractivity contribution is 6.34. The fourth-order valence-corrected chi connectivity index (χ4v) is 4.33. The van der Waals surface area contributed by atoms with Gasteiger partial charge in [0.05, 0.1) is 5.52 Å². The lowest BCUT2D eigenvalue weighted by atomic mass is 9.98. The number of ether oxygens (including phenoxy) is 1. The lowest BCUT2D eigenvalue weighted by Crippen LogP contribution is -2.45. The van der Waals surface area contributed by atoms with E-state index in [-0.39, 0.29) is 5.75 Å². The zero-order valence-electron chi connectivity index (χ0n) is 18.6. The molecular formula is C25H25ClF2N4O. The van der Waals surface area contributed by atoms with Gasteiger partial charge in [0.15, 0.2) is 0 Å². The summed E-state index contributed by atoms with van der Waals surface area (Å²) in [5.74, 6) is 0.926. The summed E-state index contributed by atoms with van der Waals surface area (Å²) in [6.07, 6.45) is 0.0237. The molecule has 2 heterocycles. The second-order valence-electron chi connectivity index (χ2n) is 8.05. The minimum Gasteiger partial charge on any atom is -0.432 e. The SMILES string of the molecule is C=CC(=C)N1CCN(c2ncnc3cc(-c4cccc(OC(C)(F)F)c4C)c(Cl)cc23)CC1. The topological polar surface area (TPSA) is 41.5 Å². The molecule has 0 saturated carbocycles. The van der Waals surface area contributed by atoms with Crippen LogP contribution in [0.4, 0.5) is 14.6 Å². The summed E-state index contributed by atoms with van der Waals surface area (Å²) in [7, 11) is 0. The Kier molecular flexibility index (Phi) is 6.26. The minimum atomic E-state index is -3.28. The highest BCUT2D eigenvalue weighted by atomic mass is 35.5. The zero-order chi connectivity index (χ0) is 23.8. The van der Waals surface area contributed by atoms with Crippen LogP contribution in [0.2, 0.25) is 5.02 Å². The van der Waals surface area contributed by atoms with E-state index in [0.29, 0.717) is 28.6 Å². The third-order valence-corrected chi connectivity index (χ3v) is 6.10. The van der Waals surface area contributed by atoms with Gasteiger partial charge in [-0.25, -0.2) is 9.97 Å². The van der Waals surface area contributed by atoms with Gasteiger partial charge in [0.2, 0.25) is 0 Å². The van der Waals surface area contributed by atoms with E-state index in [1.54, 1.807) is 19.1 Å². The van der Waals surface area contributed by atoms with Gasteiger partial charge < -0.3 is 14.5 Å². The summed E-state index contributed by atoms with van der Waals surface area (Å²) in [4.78, 5) is 13.4. The predicted octanol–water partition coefficient (Wildman–Crippen LogP) is 6.07. The molecule has 0 spiro atoms. The van der Waals surface area contributed by atoms with Crippen LogP contribution < -0.4 is 9.64 Å². The molecule has 5 nitrogen and oxygen atoms in total. The summed E-state index contributed by atoms with van der Waals surface area (Å²) in [6, 6.07) is 8.74. The van der Waals surface area contributed by atoms with E-state index >= 15 is 0 Å². The fraction of sp³-hybridized carbons (Fsp3) is 0.280. The number of hydrogen-bond donors (Lipinski definition) is 0. The standard InChI is InChI=1S/C25H25ClF2N4O/c1-5-16(2)31-9-11-32(12-10-31)24-20-13-21(26)19(14-22(20)29-15-30-24)18-7-6-8-23(17(18)3)33-25(4,27)28/h5-8,13-15H,1-2,9-12H2,3-4H3.